The van der Waals surface area contributed by atoms with Crippen LogP contribution in [-0.2, 0) is 28.8 Å². The van der Waals surface area contributed by atoms with E-state index in [1.165, 1.54) is 34.7 Å². The van der Waals surface area contributed by atoms with E-state index in [1.54, 1.807) is 0 Å². The third kappa shape index (κ3) is 3.80. The summed E-state index contributed by atoms with van der Waals surface area (Å²) < 4.78 is 4.79. The third-order valence-corrected chi connectivity index (χ3v) is 5.34. The predicted octanol–water partition coefficient (Wildman–Crippen LogP) is 3.95. The highest BCUT2D eigenvalue weighted by Gasteiger charge is 2.19. The molecule has 0 fully saturated rings. The normalized spacial score (nSPS) is 13.0. The molecule has 4 heteroatoms. The Kier molecular flexibility index (Phi) is 5.05. The smallest absolute Gasteiger partial charge is 0.309 e. The number of methoxy groups -OCH3 is 1. The lowest BCUT2D eigenvalue weighted by atomic mass is 10.0. The van der Waals surface area contributed by atoms with E-state index in [9.17, 15) is 4.79 Å². The number of esters is 1. The van der Waals surface area contributed by atoms with Gasteiger partial charge in [-0.3, -0.25) is 9.78 Å². The maximum absolute atomic E-state index is 11.6. The molecule has 0 aliphatic carbocycles. The van der Waals surface area contributed by atoms with Gasteiger partial charge in [0.1, 0.15) is 0 Å². The second kappa shape index (κ2) is 7.78. The summed E-state index contributed by atoms with van der Waals surface area (Å²) in [6, 6.07) is 14.8. The molecule has 0 bridgehead atoms. The maximum Gasteiger partial charge on any atom is 0.309 e. The molecule has 0 radical (unpaired) electrons. The van der Waals surface area contributed by atoms with E-state index < -0.39 is 0 Å². The van der Waals surface area contributed by atoms with Crippen molar-refractivity contribution in [1.82, 2.24) is 4.98 Å². The standard InChI is InChI=1S/C23H24N2O2/c1-27-23(26)14-17-8-9-18-10-12-25(22(18)13-17)11-4-6-20-16-24-15-19-5-2-3-7-21(19)20/h2-3,5,7-9,13,15-16H,4,6,10-12,14H2,1H3. The molecule has 1 aromatic heterocycles. The van der Waals surface area contributed by atoms with E-state index in [0.29, 0.717) is 6.42 Å². The van der Waals surface area contributed by atoms with E-state index in [-0.39, 0.29) is 5.97 Å². The van der Waals surface area contributed by atoms with Crippen LogP contribution in [0.4, 0.5) is 5.69 Å². The monoisotopic (exact) mass is 360 g/mol. The van der Waals surface area contributed by atoms with Gasteiger partial charge in [0.05, 0.1) is 13.5 Å². The fourth-order valence-corrected chi connectivity index (χ4v) is 3.91. The number of carbonyl (C=O) groups excluding carboxylic acids is 1. The largest absolute Gasteiger partial charge is 0.469 e. The van der Waals surface area contributed by atoms with Crippen LogP contribution in [0.25, 0.3) is 10.8 Å². The van der Waals surface area contributed by atoms with Crippen molar-refractivity contribution in [3.05, 3.63) is 71.5 Å². The molecule has 0 amide bonds. The van der Waals surface area contributed by atoms with E-state index >= 15 is 0 Å². The molecule has 2 heterocycles. The van der Waals surface area contributed by atoms with Crippen LogP contribution in [0.3, 0.4) is 0 Å². The lowest BCUT2D eigenvalue weighted by Crippen LogP contribution is -2.22. The molecule has 4 rings (SSSR count). The summed E-state index contributed by atoms with van der Waals surface area (Å²) in [5, 5.41) is 2.50. The van der Waals surface area contributed by atoms with Gasteiger partial charge in [0, 0.05) is 36.6 Å². The number of benzene rings is 2. The molecule has 0 unspecified atom stereocenters. The fourth-order valence-electron chi connectivity index (χ4n) is 3.91. The van der Waals surface area contributed by atoms with Crippen LogP contribution < -0.4 is 4.90 Å². The van der Waals surface area contributed by atoms with Crippen LogP contribution in [0, 0.1) is 0 Å². The number of carbonyl (C=O) groups is 1. The van der Waals surface area contributed by atoms with Crippen molar-refractivity contribution >= 4 is 22.4 Å². The first-order chi connectivity index (χ1) is 13.2. The predicted molar refractivity (Wildman–Crippen MR) is 108 cm³/mol. The van der Waals surface area contributed by atoms with Gasteiger partial charge in [-0.25, -0.2) is 0 Å². The lowest BCUT2D eigenvalue weighted by Gasteiger charge is -2.20. The second-order valence-corrected chi connectivity index (χ2v) is 7.08. The van der Waals surface area contributed by atoms with Gasteiger partial charge < -0.3 is 9.64 Å². The topological polar surface area (TPSA) is 42.4 Å². The number of nitrogens with zero attached hydrogens (tertiary/aromatic N) is 2. The molecule has 0 atom stereocenters. The van der Waals surface area contributed by atoms with Crippen molar-refractivity contribution in [3.8, 4) is 0 Å². The minimum absolute atomic E-state index is 0.192. The quantitative estimate of drug-likeness (QED) is 0.625. The minimum atomic E-state index is -0.192. The molecule has 2 aromatic carbocycles. The molecule has 0 saturated heterocycles. The van der Waals surface area contributed by atoms with E-state index in [1.807, 2.05) is 18.5 Å². The molecule has 138 valence electrons. The number of pyridine rings is 1. The van der Waals surface area contributed by atoms with Crippen molar-refractivity contribution in [2.75, 3.05) is 25.1 Å². The Morgan fingerprint density at radius 2 is 2.07 bits per heavy atom. The van der Waals surface area contributed by atoms with E-state index in [4.69, 9.17) is 4.74 Å². The van der Waals surface area contributed by atoms with Gasteiger partial charge in [0.2, 0.25) is 0 Å². The Labute approximate surface area is 159 Å². The number of hydrogen-bond donors (Lipinski definition) is 0. The average Bonchev–Trinajstić information content (AvgIpc) is 3.10. The fraction of sp³-hybridized carbons (Fsp3) is 0.304. The second-order valence-electron chi connectivity index (χ2n) is 7.08. The Morgan fingerprint density at radius 1 is 1.19 bits per heavy atom. The molecule has 4 nitrogen and oxygen atoms in total. The third-order valence-electron chi connectivity index (χ3n) is 5.34. The van der Waals surface area contributed by atoms with Crippen LogP contribution in [0.15, 0.2) is 54.9 Å². The molecule has 3 aromatic rings. The van der Waals surface area contributed by atoms with Crippen molar-refractivity contribution in [3.63, 3.8) is 0 Å². The lowest BCUT2D eigenvalue weighted by molar-refractivity contribution is -0.139. The van der Waals surface area contributed by atoms with Crippen LogP contribution in [0.5, 0.6) is 0 Å². The Morgan fingerprint density at radius 3 is 2.96 bits per heavy atom. The summed E-state index contributed by atoms with van der Waals surface area (Å²) in [6.07, 6.45) is 7.43. The minimum Gasteiger partial charge on any atom is -0.469 e. The number of rotatable bonds is 6. The van der Waals surface area contributed by atoms with Gasteiger partial charge in [-0.1, -0.05) is 36.4 Å². The Balaban J connectivity index is 1.43. The van der Waals surface area contributed by atoms with E-state index in [2.05, 4.69) is 46.3 Å². The molecule has 27 heavy (non-hydrogen) atoms. The molecular formula is C23H24N2O2. The molecule has 0 spiro atoms. The SMILES string of the molecule is COC(=O)Cc1ccc2c(c1)N(CCCc1cncc3ccccc13)CC2. The number of hydrogen-bond acceptors (Lipinski definition) is 4. The first-order valence-corrected chi connectivity index (χ1v) is 9.50. The van der Waals surface area contributed by atoms with Gasteiger partial charge in [0.25, 0.3) is 0 Å². The highest BCUT2D eigenvalue weighted by molar-refractivity contribution is 5.84. The van der Waals surface area contributed by atoms with Crippen LogP contribution in [0.2, 0.25) is 0 Å². The highest BCUT2D eigenvalue weighted by Crippen LogP contribution is 2.30. The molecular weight excluding hydrogens is 336 g/mol. The maximum atomic E-state index is 11.6. The molecule has 1 aliphatic heterocycles. The summed E-state index contributed by atoms with van der Waals surface area (Å²) in [7, 11) is 1.43. The van der Waals surface area contributed by atoms with Gasteiger partial charge in [0.15, 0.2) is 0 Å². The zero-order chi connectivity index (χ0) is 18.6. The molecule has 1 aliphatic rings. The number of aryl methyl sites for hydroxylation is 1. The summed E-state index contributed by atoms with van der Waals surface area (Å²) >= 11 is 0. The van der Waals surface area contributed by atoms with Crippen molar-refractivity contribution in [1.29, 1.82) is 0 Å². The summed E-state index contributed by atoms with van der Waals surface area (Å²) in [5.74, 6) is -0.192. The number of ether oxygens (including phenoxy) is 1. The number of aromatic nitrogens is 1. The Hall–Kier alpha value is -2.88. The van der Waals surface area contributed by atoms with Crippen LogP contribution in [-0.4, -0.2) is 31.2 Å². The summed E-state index contributed by atoms with van der Waals surface area (Å²) in [6.45, 7) is 2.06. The molecule has 0 N–H and O–H groups in total. The average molecular weight is 360 g/mol. The number of fused-ring (bicyclic) bond motifs is 2. The summed E-state index contributed by atoms with van der Waals surface area (Å²) in [4.78, 5) is 18.4. The van der Waals surface area contributed by atoms with Gasteiger partial charge in [-0.15, -0.1) is 0 Å². The van der Waals surface area contributed by atoms with Crippen LogP contribution >= 0.6 is 0 Å². The first-order valence-electron chi connectivity index (χ1n) is 9.50. The zero-order valence-corrected chi connectivity index (χ0v) is 15.6. The van der Waals surface area contributed by atoms with Crippen molar-refractivity contribution in [2.24, 2.45) is 0 Å². The van der Waals surface area contributed by atoms with Gasteiger partial charge >= 0.3 is 5.97 Å². The zero-order valence-electron chi connectivity index (χ0n) is 15.6. The summed E-state index contributed by atoms with van der Waals surface area (Å²) in [5.41, 5.74) is 4.97. The Bertz CT molecular complexity index is 962. The van der Waals surface area contributed by atoms with Crippen molar-refractivity contribution < 1.29 is 9.53 Å². The van der Waals surface area contributed by atoms with Gasteiger partial charge in [-0.2, -0.15) is 0 Å². The van der Waals surface area contributed by atoms with Gasteiger partial charge in [-0.05, 0) is 47.4 Å². The van der Waals surface area contributed by atoms with E-state index in [0.717, 1.165) is 37.9 Å². The molecule has 0 saturated carbocycles. The van der Waals surface area contributed by atoms with Crippen molar-refractivity contribution in [2.45, 2.75) is 25.7 Å². The number of anilines is 1. The van der Waals surface area contributed by atoms with Crippen LogP contribution in [0.1, 0.15) is 23.1 Å². The highest BCUT2D eigenvalue weighted by atomic mass is 16.5. The first kappa shape index (κ1) is 17.5.